The second-order valence-electron chi connectivity index (χ2n) is 6.20. The Morgan fingerprint density at radius 1 is 1.29 bits per heavy atom. The highest BCUT2D eigenvalue weighted by Gasteiger charge is 2.51. The lowest BCUT2D eigenvalue weighted by atomic mass is 9.92. The number of hydrogen-bond donors (Lipinski definition) is 0. The summed E-state index contributed by atoms with van der Waals surface area (Å²) >= 11 is 1.92. The zero-order chi connectivity index (χ0) is 16.4. The number of pyridine rings is 1. The summed E-state index contributed by atoms with van der Waals surface area (Å²) in [6, 6.07) is 5.85. The Morgan fingerprint density at radius 2 is 2.21 bits per heavy atom. The van der Waals surface area contributed by atoms with Crippen LogP contribution in [-0.2, 0) is 11.3 Å². The van der Waals surface area contributed by atoms with Crippen molar-refractivity contribution in [2.45, 2.75) is 23.9 Å². The standard InChI is InChI=1S/C17H18N4O2S/c22-16(15-8-18-5-6-20-15)21-11-17(12-21)7-14(10-24-17)23-9-13-3-1-2-4-19-13/h1-6,8,14H,7,9-12H2. The van der Waals surface area contributed by atoms with Crippen molar-refractivity contribution in [1.29, 1.82) is 0 Å². The van der Waals surface area contributed by atoms with Gasteiger partial charge < -0.3 is 9.64 Å². The van der Waals surface area contributed by atoms with Gasteiger partial charge in [-0.15, -0.1) is 11.8 Å². The lowest BCUT2D eigenvalue weighted by molar-refractivity contribution is 0.0243. The van der Waals surface area contributed by atoms with E-state index in [2.05, 4.69) is 15.0 Å². The van der Waals surface area contributed by atoms with Gasteiger partial charge in [-0.1, -0.05) is 6.07 Å². The molecular formula is C17H18N4O2S. The van der Waals surface area contributed by atoms with Crippen LogP contribution in [0.25, 0.3) is 0 Å². The molecule has 1 amide bonds. The van der Waals surface area contributed by atoms with Gasteiger partial charge >= 0.3 is 0 Å². The number of thioether (sulfide) groups is 1. The molecule has 4 rings (SSSR count). The predicted octanol–water partition coefficient (Wildman–Crippen LogP) is 1.79. The van der Waals surface area contributed by atoms with Crippen LogP contribution in [-0.4, -0.2) is 55.5 Å². The molecule has 1 unspecified atom stereocenters. The molecule has 2 aliphatic heterocycles. The topological polar surface area (TPSA) is 68.2 Å². The van der Waals surface area contributed by atoms with Crippen LogP contribution in [0.3, 0.4) is 0 Å². The second-order valence-corrected chi connectivity index (χ2v) is 7.69. The largest absolute Gasteiger partial charge is 0.371 e. The minimum Gasteiger partial charge on any atom is -0.371 e. The molecule has 2 aromatic rings. The third kappa shape index (κ3) is 3.14. The number of hydrogen-bond acceptors (Lipinski definition) is 6. The number of aromatic nitrogens is 3. The van der Waals surface area contributed by atoms with E-state index in [9.17, 15) is 4.79 Å². The maximum Gasteiger partial charge on any atom is 0.274 e. The van der Waals surface area contributed by atoms with Crippen molar-refractivity contribution < 1.29 is 9.53 Å². The molecule has 7 heteroatoms. The van der Waals surface area contributed by atoms with Gasteiger partial charge in [0, 0.05) is 37.4 Å². The molecule has 2 aliphatic rings. The first-order chi connectivity index (χ1) is 11.7. The van der Waals surface area contributed by atoms with Crippen LogP contribution >= 0.6 is 11.8 Å². The average molecular weight is 342 g/mol. The van der Waals surface area contributed by atoms with Crippen LogP contribution in [0.1, 0.15) is 22.6 Å². The monoisotopic (exact) mass is 342 g/mol. The van der Waals surface area contributed by atoms with Gasteiger partial charge in [-0.05, 0) is 18.6 Å². The summed E-state index contributed by atoms with van der Waals surface area (Å²) in [5, 5.41) is 0. The minimum absolute atomic E-state index is 0.0350. The third-order valence-electron chi connectivity index (χ3n) is 4.40. The molecule has 2 aromatic heterocycles. The molecule has 1 spiro atoms. The highest BCUT2D eigenvalue weighted by Crippen LogP contribution is 2.46. The quantitative estimate of drug-likeness (QED) is 0.844. The van der Waals surface area contributed by atoms with Gasteiger partial charge in [-0.25, -0.2) is 4.98 Å². The van der Waals surface area contributed by atoms with Crippen molar-refractivity contribution in [2.75, 3.05) is 18.8 Å². The summed E-state index contributed by atoms with van der Waals surface area (Å²) in [4.78, 5) is 26.5. The minimum atomic E-state index is -0.0350. The molecule has 0 saturated carbocycles. The second kappa shape index (κ2) is 6.49. The molecule has 0 bridgehead atoms. The van der Waals surface area contributed by atoms with E-state index >= 15 is 0 Å². The predicted molar refractivity (Wildman–Crippen MR) is 90.6 cm³/mol. The van der Waals surface area contributed by atoms with Crippen LogP contribution in [0.4, 0.5) is 0 Å². The Labute approximate surface area is 144 Å². The number of nitrogens with zero attached hydrogens (tertiary/aromatic N) is 4. The number of rotatable bonds is 4. The molecule has 2 saturated heterocycles. The van der Waals surface area contributed by atoms with Gasteiger partial charge in [-0.3, -0.25) is 14.8 Å². The Hall–Kier alpha value is -1.99. The van der Waals surface area contributed by atoms with Crippen LogP contribution < -0.4 is 0 Å². The van der Waals surface area contributed by atoms with E-state index in [0.717, 1.165) is 31.0 Å². The number of likely N-dealkylation sites (tertiary alicyclic amines) is 1. The van der Waals surface area contributed by atoms with Gasteiger partial charge in [0.25, 0.3) is 5.91 Å². The SMILES string of the molecule is O=C(c1cnccn1)N1CC2(CC(OCc3ccccn3)CS2)C1. The first kappa shape index (κ1) is 15.5. The summed E-state index contributed by atoms with van der Waals surface area (Å²) in [6.07, 6.45) is 7.64. The summed E-state index contributed by atoms with van der Waals surface area (Å²) in [5.41, 5.74) is 1.37. The molecule has 24 heavy (non-hydrogen) atoms. The van der Waals surface area contributed by atoms with E-state index in [1.54, 1.807) is 18.6 Å². The van der Waals surface area contributed by atoms with Gasteiger partial charge in [0.15, 0.2) is 0 Å². The van der Waals surface area contributed by atoms with E-state index in [-0.39, 0.29) is 16.8 Å². The van der Waals surface area contributed by atoms with E-state index in [1.165, 1.54) is 6.20 Å². The molecule has 4 heterocycles. The highest BCUT2D eigenvalue weighted by atomic mass is 32.2. The van der Waals surface area contributed by atoms with Crippen molar-refractivity contribution in [3.05, 3.63) is 54.4 Å². The van der Waals surface area contributed by atoms with E-state index in [4.69, 9.17) is 4.74 Å². The number of ether oxygens (including phenoxy) is 1. The van der Waals surface area contributed by atoms with Crippen molar-refractivity contribution >= 4 is 17.7 Å². The van der Waals surface area contributed by atoms with Gasteiger partial charge in [0.2, 0.25) is 0 Å². The molecular weight excluding hydrogens is 324 g/mol. The number of carbonyl (C=O) groups excluding carboxylic acids is 1. The van der Waals surface area contributed by atoms with E-state index in [1.807, 2.05) is 34.9 Å². The molecule has 0 N–H and O–H groups in total. The molecule has 0 radical (unpaired) electrons. The van der Waals surface area contributed by atoms with E-state index in [0.29, 0.717) is 12.3 Å². The van der Waals surface area contributed by atoms with Crippen LogP contribution in [0.15, 0.2) is 43.0 Å². The normalized spacial score (nSPS) is 21.7. The maximum absolute atomic E-state index is 12.3. The van der Waals surface area contributed by atoms with Gasteiger partial charge in [0.1, 0.15) is 5.69 Å². The molecule has 0 aromatic carbocycles. The zero-order valence-corrected chi connectivity index (χ0v) is 14.0. The van der Waals surface area contributed by atoms with Crippen LogP contribution in [0, 0.1) is 0 Å². The average Bonchev–Trinajstić information content (AvgIpc) is 3.04. The smallest absolute Gasteiger partial charge is 0.274 e. The Balaban J connectivity index is 1.28. The summed E-state index contributed by atoms with van der Waals surface area (Å²) in [6.45, 7) is 2.07. The van der Waals surface area contributed by atoms with Gasteiger partial charge in [-0.2, -0.15) is 0 Å². The highest BCUT2D eigenvalue weighted by molar-refractivity contribution is 8.01. The maximum atomic E-state index is 12.3. The zero-order valence-electron chi connectivity index (χ0n) is 13.2. The Bertz CT molecular complexity index is 707. The molecule has 0 aliphatic carbocycles. The van der Waals surface area contributed by atoms with Gasteiger partial charge in [0.05, 0.1) is 29.3 Å². The lowest BCUT2D eigenvalue weighted by Gasteiger charge is -2.47. The van der Waals surface area contributed by atoms with Crippen molar-refractivity contribution in [3.8, 4) is 0 Å². The first-order valence-corrected chi connectivity index (χ1v) is 8.93. The van der Waals surface area contributed by atoms with Crippen molar-refractivity contribution in [3.63, 3.8) is 0 Å². The van der Waals surface area contributed by atoms with Crippen molar-refractivity contribution in [1.82, 2.24) is 19.9 Å². The Kier molecular flexibility index (Phi) is 4.20. The van der Waals surface area contributed by atoms with Crippen LogP contribution in [0.2, 0.25) is 0 Å². The lowest BCUT2D eigenvalue weighted by Crippen LogP contribution is -2.60. The fourth-order valence-corrected chi connectivity index (χ4v) is 4.73. The molecule has 2 fully saturated rings. The fourth-order valence-electron chi connectivity index (χ4n) is 3.18. The summed E-state index contributed by atoms with van der Waals surface area (Å²) < 4.78 is 6.14. The number of amides is 1. The summed E-state index contributed by atoms with van der Waals surface area (Å²) in [7, 11) is 0. The Morgan fingerprint density at radius 3 is 2.96 bits per heavy atom. The van der Waals surface area contributed by atoms with E-state index < -0.39 is 0 Å². The van der Waals surface area contributed by atoms with Crippen LogP contribution in [0.5, 0.6) is 0 Å². The first-order valence-electron chi connectivity index (χ1n) is 7.95. The summed E-state index contributed by atoms with van der Waals surface area (Å²) in [5.74, 6) is 0.937. The molecule has 6 nitrogen and oxygen atoms in total. The number of carbonyl (C=O) groups is 1. The third-order valence-corrected chi connectivity index (χ3v) is 5.97. The molecule has 1 atom stereocenters. The molecule has 124 valence electrons. The van der Waals surface area contributed by atoms with Crippen molar-refractivity contribution in [2.24, 2.45) is 0 Å². The fraction of sp³-hybridized carbons (Fsp3) is 0.412.